The lowest BCUT2D eigenvalue weighted by Gasteiger charge is -2.39. The van der Waals surface area contributed by atoms with E-state index in [2.05, 4.69) is 22.1 Å². The van der Waals surface area contributed by atoms with Gasteiger partial charge >= 0.3 is 0 Å². The van der Waals surface area contributed by atoms with Crippen molar-refractivity contribution in [3.8, 4) is 6.19 Å². The summed E-state index contributed by atoms with van der Waals surface area (Å²) < 4.78 is 20.4. The maximum Gasteiger partial charge on any atom is 0.287 e. The van der Waals surface area contributed by atoms with Crippen LogP contribution >= 0.6 is 0 Å². The average molecular weight is 378 g/mol. The first-order valence-corrected chi connectivity index (χ1v) is 9.05. The fourth-order valence-corrected chi connectivity index (χ4v) is 3.94. The second-order valence-electron chi connectivity index (χ2n) is 7.28. The second kappa shape index (κ2) is 5.22. The van der Waals surface area contributed by atoms with Crippen molar-refractivity contribution in [1.29, 1.82) is 5.26 Å². The number of anilines is 2. The Morgan fingerprint density at radius 2 is 2.14 bits per heavy atom. The summed E-state index contributed by atoms with van der Waals surface area (Å²) >= 11 is 0. The molecule has 9 nitrogen and oxygen atoms in total. The van der Waals surface area contributed by atoms with Gasteiger partial charge in [0.15, 0.2) is 17.8 Å². The van der Waals surface area contributed by atoms with Gasteiger partial charge in [-0.15, -0.1) is 0 Å². The second-order valence-corrected chi connectivity index (χ2v) is 7.28. The number of hydrogen-bond acceptors (Lipinski definition) is 9. The van der Waals surface area contributed by atoms with E-state index in [-0.39, 0.29) is 6.67 Å². The van der Waals surface area contributed by atoms with Gasteiger partial charge in [0, 0.05) is 11.5 Å². The van der Waals surface area contributed by atoms with E-state index in [9.17, 15) is 9.65 Å². The number of alkyl halides is 1. The van der Waals surface area contributed by atoms with Crippen molar-refractivity contribution in [1.82, 2.24) is 20.0 Å². The lowest BCUT2D eigenvalue weighted by atomic mass is 10.1. The fourth-order valence-electron chi connectivity index (χ4n) is 3.94. The number of rotatable bonds is 2. The molecule has 140 valence electrons. The summed E-state index contributed by atoms with van der Waals surface area (Å²) in [5.74, 6) is 2.99. The average Bonchev–Trinajstić information content (AvgIpc) is 3.11. The van der Waals surface area contributed by atoms with Crippen molar-refractivity contribution in [2.75, 3.05) is 16.6 Å². The first-order chi connectivity index (χ1) is 13.7. The first kappa shape index (κ1) is 15.4. The van der Waals surface area contributed by atoms with E-state index in [4.69, 9.17) is 4.52 Å². The van der Waals surface area contributed by atoms with Crippen molar-refractivity contribution < 1.29 is 8.91 Å². The van der Waals surface area contributed by atoms with E-state index in [0.29, 0.717) is 41.0 Å². The highest BCUT2D eigenvalue weighted by molar-refractivity contribution is 6.09. The minimum absolute atomic E-state index is 0.275. The Morgan fingerprint density at radius 3 is 2.93 bits per heavy atom. The third-order valence-corrected chi connectivity index (χ3v) is 5.57. The number of amidine groups is 1. The van der Waals surface area contributed by atoms with Gasteiger partial charge in [-0.3, -0.25) is 4.90 Å². The van der Waals surface area contributed by atoms with Gasteiger partial charge in [-0.1, -0.05) is 19.1 Å². The van der Waals surface area contributed by atoms with Gasteiger partial charge < -0.3 is 4.52 Å². The van der Waals surface area contributed by atoms with Gasteiger partial charge in [0.2, 0.25) is 5.89 Å². The van der Waals surface area contributed by atoms with Crippen molar-refractivity contribution in [2.24, 2.45) is 10.9 Å². The summed E-state index contributed by atoms with van der Waals surface area (Å²) in [4.78, 5) is 11.6. The molecule has 0 amide bonds. The molecule has 0 spiro atoms. The van der Waals surface area contributed by atoms with Gasteiger partial charge in [0.05, 0.1) is 11.9 Å². The smallest absolute Gasteiger partial charge is 0.287 e. The van der Waals surface area contributed by atoms with Gasteiger partial charge in [-0.2, -0.15) is 14.6 Å². The molecule has 3 atom stereocenters. The van der Waals surface area contributed by atoms with Crippen LogP contribution in [0.25, 0.3) is 0 Å². The number of nitrogens with zero attached hydrogens (tertiary/aromatic N) is 8. The number of benzene rings is 1. The number of fused-ring (bicyclic) bond motifs is 6. The molecule has 1 saturated carbocycles. The maximum absolute atomic E-state index is 15.0. The summed E-state index contributed by atoms with van der Waals surface area (Å²) in [5.41, 5.74) is 1.44. The molecule has 1 aromatic carbocycles. The minimum Gasteiger partial charge on any atom is -0.337 e. The predicted molar refractivity (Wildman–Crippen MR) is 95.9 cm³/mol. The van der Waals surface area contributed by atoms with E-state index in [1.807, 2.05) is 30.5 Å². The third-order valence-electron chi connectivity index (χ3n) is 5.57. The molecule has 28 heavy (non-hydrogen) atoms. The molecular formula is C18H15FN8O. The molecule has 2 aromatic rings. The van der Waals surface area contributed by atoms with Crippen LogP contribution in [0, 0.1) is 17.4 Å². The Labute approximate surface area is 159 Å². The molecule has 10 heteroatoms. The number of hydrogen-bond donors (Lipinski definition) is 0. The molecule has 0 saturated heterocycles. The van der Waals surface area contributed by atoms with Crippen LogP contribution in [0.15, 0.2) is 45.8 Å². The van der Waals surface area contributed by atoms with Crippen molar-refractivity contribution >= 4 is 17.5 Å². The topological polar surface area (TPSA) is 88.0 Å². The molecule has 1 aliphatic carbocycles. The van der Waals surface area contributed by atoms with Gasteiger partial charge in [-0.25, -0.2) is 19.9 Å². The minimum atomic E-state index is -1.63. The third kappa shape index (κ3) is 1.90. The molecular weight excluding hydrogens is 363 g/mol. The lowest BCUT2D eigenvalue weighted by Crippen LogP contribution is -2.51. The first-order valence-electron chi connectivity index (χ1n) is 9.05. The van der Waals surface area contributed by atoms with E-state index in [0.717, 1.165) is 16.9 Å². The summed E-state index contributed by atoms with van der Waals surface area (Å²) in [6.07, 6.45) is 2.76. The van der Waals surface area contributed by atoms with Crippen molar-refractivity contribution in [3.63, 3.8) is 0 Å². The highest BCUT2D eigenvalue weighted by atomic mass is 19.1. The fraction of sp³-hybridized carbons (Fsp3) is 0.333. The number of para-hydroxylation sites is 1. The zero-order chi connectivity index (χ0) is 19.0. The zero-order valence-electron chi connectivity index (χ0n) is 14.9. The number of hydrazine groups is 1. The monoisotopic (exact) mass is 378 g/mol. The Kier molecular flexibility index (Phi) is 2.88. The van der Waals surface area contributed by atoms with Crippen LogP contribution in [0.4, 0.5) is 16.0 Å². The molecule has 1 fully saturated rings. The van der Waals surface area contributed by atoms with Crippen LogP contribution in [-0.2, 0) is 0 Å². The maximum atomic E-state index is 15.0. The van der Waals surface area contributed by atoms with Gasteiger partial charge in [-0.05, 0) is 29.6 Å². The van der Waals surface area contributed by atoms with E-state index in [1.54, 1.807) is 10.0 Å². The van der Waals surface area contributed by atoms with Gasteiger partial charge in [0.1, 0.15) is 6.67 Å². The Morgan fingerprint density at radius 1 is 1.32 bits per heavy atom. The summed E-state index contributed by atoms with van der Waals surface area (Å²) in [7, 11) is 0. The lowest BCUT2D eigenvalue weighted by molar-refractivity contribution is 0.204. The standard InChI is InChI=1S/C18H15FN8O/c1-10-6-12(10)16-22-18(23-28-16)25-9-21-15-11-4-2-3-5-13(11)26-14(27(15)25)7-24(8-20)17(26)19/h2-5,7,10,12,17H,6,9H2,1H3. The van der Waals surface area contributed by atoms with Crippen molar-refractivity contribution in [2.45, 2.75) is 25.7 Å². The van der Waals surface area contributed by atoms with Crippen LogP contribution in [-0.4, -0.2) is 39.0 Å². The number of halogens is 1. The number of aliphatic imine (C=N–C) groups is 1. The quantitative estimate of drug-likeness (QED) is 0.581. The molecule has 0 radical (unpaired) electrons. The van der Waals surface area contributed by atoms with E-state index >= 15 is 0 Å². The summed E-state index contributed by atoms with van der Waals surface area (Å²) in [6, 6.07) is 7.42. The normalized spacial score (nSPS) is 27.1. The Bertz CT molecular complexity index is 1090. The van der Waals surface area contributed by atoms with E-state index < -0.39 is 6.42 Å². The van der Waals surface area contributed by atoms with Gasteiger partial charge in [0.25, 0.3) is 12.4 Å². The molecule has 4 heterocycles. The van der Waals surface area contributed by atoms with Crippen LogP contribution in [0.5, 0.6) is 0 Å². The predicted octanol–water partition coefficient (Wildman–Crippen LogP) is 2.30. The summed E-state index contributed by atoms with van der Waals surface area (Å²) in [5, 5.41) is 16.9. The Hall–Kier alpha value is -3.61. The Balaban J connectivity index is 1.45. The SMILES string of the molecule is CC1CC1c1nc(N2CN=C3c4ccccc4N4C(=CN(C#N)C4F)N32)no1. The molecule has 6 rings (SSSR count). The highest BCUT2D eigenvalue weighted by Gasteiger charge is 2.48. The van der Waals surface area contributed by atoms with Crippen LogP contribution in [0.3, 0.4) is 0 Å². The molecule has 3 unspecified atom stereocenters. The van der Waals surface area contributed by atoms with Crippen LogP contribution < -0.4 is 9.91 Å². The van der Waals surface area contributed by atoms with E-state index in [1.165, 1.54) is 11.1 Å². The molecule has 3 aliphatic heterocycles. The number of nitriles is 1. The molecule has 0 N–H and O–H groups in total. The molecule has 1 aromatic heterocycles. The largest absolute Gasteiger partial charge is 0.337 e. The number of aromatic nitrogens is 2. The van der Waals surface area contributed by atoms with Crippen LogP contribution in [0.1, 0.15) is 30.7 Å². The highest BCUT2D eigenvalue weighted by Crippen LogP contribution is 2.47. The molecule has 4 aliphatic rings. The summed E-state index contributed by atoms with van der Waals surface area (Å²) in [6.45, 7) is 2.42. The van der Waals surface area contributed by atoms with Crippen molar-refractivity contribution in [3.05, 3.63) is 47.7 Å². The molecule has 0 bridgehead atoms. The van der Waals surface area contributed by atoms with Crippen LogP contribution in [0.2, 0.25) is 0 Å². The zero-order valence-corrected chi connectivity index (χ0v) is 14.9.